The molecule has 0 fully saturated rings. The summed E-state index contributed by atoms with van der Waals surface area (Å²) in [6.07, 6.45) is 1.63. The minimum Gasteiger partial charge on any atom is -0.272 e. The lowest BCUT2D eigenvalue weighted by Gasteiger charge is -2.17. The highest BCUT2D eigenvalue weighted by Crippen LogP contribution is 2.22. The second-order valence-corrected chi connectivity index (χ2v) is 6.84. The molecule has 4 nitrogen and oxygen atoms in total. The quantitative estimate of drug-likeness (QED) is 0.926. The van der Waals surface area contributed by atoms with Gasteiger partial charge in [-0.25, -0.2) is 9.66 Å². The first-order valence-electron chi connectivity index (χ1n) is 5.82. The van der Waals surface area contributed by atoms with Crippen molar-refractivity contribution in [3.05, 3.63) is 30.6 Å². The average molecular weight is 263 g/mol. The standard InChI is InChI=1S/C13H17N3OS/c1-13(2,3)18-8-12(17)15-16-9-14-10-6-4-5-7-11(10)16/h4-7,9H,8H2,1-3H3,(H,15,17). The molecular formula is C13H17N3OS. The van der Waals surface area contributed by atoms with E-state index < -0.39 is 0 Å². The summed E-state index contributed by atoms with van der Waals surface area (Å²) in [6, 6.07) is 7.70. The molecule has 0 aliphatic rings. The Morgan fingerprint density at radius 3 is 2.83 bits per heavy atom. The van der Waals surface area contributed by atoms with Crippen LogP contribution in [-0.4, -0.2) is 26.1 Å². The Bertz CT molecular complexity index is 557. The van der Waals surface area contributed by atoms with Crippen LogP contribution in [0, 0.1) is 0 Å². The van der Waals surface area contributed by atoms with Crippen LogP contribution in [0.25, 0.3) is 11.0 Å². The number of carbonyl (C=O) groups excluding carboxylic acids is 1. The monoisotopic (exact) mass is 263 g/mol. The van der Waals surface area contributed by atoms with Crippen LogP contribution < -0.4 is 5.43 Å². The molecular weight excluding hydrogens is 246 g/mol. The Kier molecular flexibility index (Phi) is 3.61. The van der Waals surface area contributed by atoms with E-state index in [-0.39, 0.29) is 10.7 Å². The number of rotatable bonds is 3. The van der Waals surface area contributed by atoms with E-state index in [2.05, 4.69) is 31.2 Å². The van der Waals surface area contributed by atoms with Crippen LogP contribution >= 0.6 is 11.8 Å². The third kappa shape index (κ3) is 3.26. The molecule has 1 amide bonds. The number of nitrogens with zero attached hydrogens (tertiary/aromatic N) is 2. The van der Waals surface area contributed by atoms with Crippen molar-refractivity contribution in [1.82, 2.24) is 9.66 Å². The molecule has 1 heterocycles. The molecule has 0 atom stereocenters. The first-order chi connectivity index (χ1) is 8.46. The van der Waals surface area contributed by atoms with E-state index in [0.717, 1.165) is 11.0 Å². The van der Waals surface area contributed by atoms with Crippen molar-refractivity contribution in [1.29, 1.82) is 0 Å². The van der Waals surface area contributed by atoms with Crippen LogP contribution in [0.3, 0.4) is 0 Å². The highest BCUT2D eigenvalue weighted by molar-refractivity contribution is 8.01. The summed E-state index contributed by atoms with van der Waals surface area (Å²) in [5, 5.41) is 0. The molecule has 2 rings (SSSR count). The highest BCUT2D eigenvalue weighted by atomic mass is 32.2. The molecule has 0 spiro atoms. The zero-order valence-electron chi connectivity index (χ0n) is 10.8. The number of para-hydroxylation sites is 2. The molecule has 96 valence electrons. The van der Waals surface area contributed by atoms with Crippen molar-refractivity contribution >= 4 is 28.7 Å². The lowest BCUT2D eigenvalue weighted by molar-refractivity contribution is -0.114. The number of amides is 1. The van der Waals surface area contributed by atoms with E-state index in [9.17, 15) is 4.79 Å². The molecule has 0 bridgehead atoms. The maximum Gasteiger partial charge on any atom is 0.248 e. The molecule has 18 heavy (non-hydrogen) atoms. The minimum absolute atomic E-state index is 0.0157. The number of fused-ring (bicyclic) bond motifs is 1. The average Bonchev–Trinajstić information content (AvgIpc) is 2.70. The summed E-state index contributed by atoms with van der Waals surface area (Å²) < 4.78 is 1.76. The van der Waals surface area contributed by atoms with Crippen LogP contribution in [0.1, 0.15) is 20.8 Å². The molecule has 0 unspecified atom stereocenters. The lowest BCUT2D eigenvalue weighted by atomic mass is 10.3. The van der Waals surface area contributed by atoms with E-state index >= 15 is 0 Å². The van der Waals surface area contributed by atoms with Gasteiger partial charge in [0.25, 0.3) is 0 Å². The van der Waals surface area contributed by atoms with Gasteiger partial charge in [0.05, 0.1) is 16.8 Å². The van der Waals surface area contributed by atoms with Gasteiger partial charge in [-0.05, 0) is 12.1 Å². The molecule has 1 aromatic heterocycles. The summed E-state index contributed by atoms with van der Waals surface area (Å²) in [5.41, 5.74) is 4.62. The zero-order valence-corrected chi connectivity index (χ0v) is 11.6. The first-order valence-corrected chi connectivity index (χ1v) is 6.80. The molecule has 1 aromatic carbocycles. The largest absolute Gasteiger partial charge is 0.272 e. The van der Waals surface area contributed by atoms with Gasteiger partial charge in [0.2, 0.25) is 5.91 Å². The lowest BCUT2D eigenvalue weighted by Crippen LogP contribution is -2.25. The number of hydrogen-bond acceptors (Lipinski definition) is 3. The molecule has 0 radical (unpaired) electrons. The van der Waals surface area contributed by atoms with E-state index in [4.69, 9.17) is 0 Å². The van der Waals surface area contributed by atoms with Crippen molar-refractivity contribution < 1.29 is 4.79 Å². The van der Waals surface area contributed by atoms with E-state index in [0.29, 0.717) is 5.75 Å². The number of thioether (sulfide) groups is 1. The summed E-state index contributed by atoms with van der Waals surface area (Å²) in [6.45, 7) is 6.28. The molecule has 2 aromatic rings. The van der Waals surface area contributed by atoms with Gasteiger partial charge in [-0.1, -0.05) is 32.9 Å². The van der Waals surface area contributed by atoms with Gasteiger partial charge in [0.1, 0.15) is 6.33 Å². The summed E-state index contributed by atoms with van der Waals surface area (Å²) in [7, 11) is 0. The topological polar surface area (TPSA) is 46.9 Å². The maximum absolute atomic E-state index is 11.8. The first kappa shape index (κ1) is 13.0. The molecule has 0 aliphatic carbocycles. The fraction of sp³-hybridized carbons (Fsp3) is 0.385. The Labute approximate surface area is 111 Å². The van der Waals surface area contributed by atoms with Crippen molar-refractivity contribution in [2.75, 3.05) is 11.2 Å². The van der Waals surface area contributed by atoms with Gasteiger partial charge >= 0.3 is 0 Å². The molecule has 0 saturated carbocycles. The summed E-state index contributed by atoms with van der Waals surface area (Å²) in [5.74, 6) is 0.425. The minimum atomic E-state index is -0.0157. The second kappa shape index (κ2) is 5.02. The van der Waals surface area contributed by atoms with Gasteiger partial charge < -0.3 is 0 Å². The Morgan fingerprint density at radius 2 is 2.11 bits per heavy atom. The highest BCUT2D eigenvalue weighted by Gasteiger charge is 2.13. The van der Waals surface area contributed by atoms with Crippen molar-refractivity contribution in [3.8, 4) is 0 Å². The molecule has 5 heteroatoms. The summed E-state index contributed by atoms with van der Waals surface area (Å²) in [4.78, 5) is 16.0. The Hall–Kier alpha value is -1.49. The van der Waals surface area contributed by atoms with Crippen molar-refractivity contribution in [2.45, 2.75) is 25.5 Å². The van der Waals surface area contributed by atoms with Crippen LogP contribution in [0.15, 0.2) is 30.6 Å². The number of imidazole rings is 1. The van der Waals surface area contributed by atoms with Gasteiger partial charge in [-0.2, -0.15) is 0 Å². The predicted octanol–water partition coefficient (Wildman–Crippen LogP) is 2.64. The van der Waals surface area contributed by atoms with Gasteiger partial charge in [-0.3, -0.25) is 10.2 Å². The van der Waals surface area contributed by atoms with E-state index in [1.165, 1.54) is 0 Å². The summed E-state index contributed by atoms with van der Waals surface area (Å²) >= 11 is 1.62. The number of hydrogen-bond donors (Lipinski definition) is 1. The number of aromatic nitrogens is 2. The smallest absolute Gasteiger partial charge is 0.248 e. The van der Waals surface area contributed by atoms with E-state index in [1.807, 2.05) is 24.3 Å². The number of nitrogens with one attached hydrogen (secondary N) is 1. The van der Waals surface area contributed by atoms with Crippen LogP contribution in [0.2, 0.25) is 0 Å². The fourth-order valence-electron chi connectivity index (χ4n) is 1.50. The Balaban J connectivity index is 2.03. The predicted molar refractivity (Wildman–Crippen MR) is 76.3 cm³/mol. The third-order valence-corrected chi connectivity index (χ3v) is 3.61. The Morgan fingerprint density at radius 1 is 1.39 bits per heavy atom. The molecule has 1 N–H and O–H groups in total. The van der Waals surface area contributed by atoms with Crippen molar-refractivity contribution in [2.24, 2.45) is 0 Å². The number of benzene rings is 1. The van der Waals surface area contributed by atoms with Crippen LogP contribution in [0.5, 0.6) is 0 Å². The van der Waals surface area contributed by atoms with Gasteiger partial charge in [0, 0.05) is 4.75 Å². The van der Waals surface area contributed by atoms with Crippen LogP contribution in [-0.2, 0) is 4.79 Å². The third-order valence-electron chi connectivity index (χ3n) is 2.33. The van der Waals surface area contributed by atoms with Gasteiger partial charge in [0.15, 0.2) is 0 Å². The van der Waals surface area contributed by atoms with Crippen LogP contribution in [0.4, 0.5) is 0 Å². The number of carbonyl (C=O) groups is 1. The normalized spacial score (nSPS) is 11.7. The SMILES string of the molecule is CC(C)(C)SCC(=O)Nn1cnc2ccccc21. The molecule has 0 saturated heterocycles. The second-order valence-electron chi connectivity index (χ2n) is 5.04. The van der Waals surface area contributed by atoms with Crippen molar-refractivity contribution in [3.63, 3.8) is 0 Å². The van der Waals surface area contributed by atoms with Gasteiger partial charge in [-0.15, -0.1) is 11.8 Å². The molecule has 0 aliphatic heterocycles. The zero-order chi connectivity index (χ0) is 13.2. The van der Waals surface area contributed by atoms with E-state index in [1.54, 1.807) is 22.8 Å². The fourth-order valence-corrected chi connectivity index (χ4v) is 2.13. The maximum atomic E-state index is 11.8.